The minimum Gasteiger partial charge on any atom is -0.456 e. The molecule has 2 nitrogen and oxygen atoms in total. The molecule has 0 N–H and O–H groups in total. The van der Waals surface area contributed by atoms with Gasteiger partial charge in [-0.25, -0.2) is 0 Å². The van der Waals surface area contributed by atoms with E-state index in [4.69, 9.17) is 8.83 Å². The van der Waals surface area contributed by atoms with E-state index in [0.29, 0.717) is 5.92 Å². The predicted octanol–water partition coefficient (Wildman–Crippen LogP) is 9.18. The zero-order valence-corrected chi connectivity index (χ0v) is 19.3. The lowest BCUT2D eigenvalue weighted by atomic mass is 9.92. The van der Waals surface area contributed by atoms with Gasteiger partial charge in [0.25, 0.3) is 0 Å². The molecule has 2 aromatic heterocycles. The maximum atomic E-state index is 6.39. The third kappa shape index (κ3) is 2.88. The second kappa shape index (κ2) is 7.23. The topological polar surface area (TPSA) is 26.3 Å². The fraction of sp³-hybridized carbons (Fsp3) is 0.125. The molecule has 0 aliphatic heterocycles. The van der Waals surface area contributed by atoms with E-state index < -0.39 is 0 Å². The van der Waals surface area contributed by atoms with Crippen LogP contribution in [0, 0.1) is 12.8 Å². The molecule has 1 unspecified atom stereocenters. The number of furan rings is 2. The van der Waals surface area contributed by atoms with E-state index in [1.54, 1.807) is 0 Å². The number of para-hydroxylation sites is 2. The van der Waals surface area contributed by atoms with Crippen LogP contribution in [0.4, 0.5) is 0 Å². The standard InChI is InChI=1S/C32H24O2/c1-19-12-14-29-27(16-19)25-10-4-8-23(31(25)33-29)21-6-3-7-22(18-21)24-9-5-11-26-28-17-20(2)13-15-30(28)34-32(24)26/h3-16,18,20H,17H2,1-2H3. The normalized spacial score (nSPS) is 15.4. The van der Waals surface area contributed by atoms with E-state index in [-0.39, 0.29) is 0 Å². The van der Waals surface area contributed by atoms with Crippen LogP contribution in [0.2, 0.25) is 0 Å². The number of aryl methyl sites for hydroxylation is 1. The highest BCUT2D eigenvalue weighted by Crippen LogP contribution is 2.40. The maximum Gasteiger partial charge on any atom is 0.143 e. The number of fused-ring (bicyclic) bond motifs is 6. The summed E-state index contributed by atoms with van der Waals surface area (Å²) in [6.45, 7) is 4.38. The minimum atomic E-state index is 0.536. The van der Waals surface area contributed by atoms with Gasteiger partial charge in [0.05, 0.1) is 0 Å². The van der Waals surface area contributed by atoms with Crippen LogP contribution in [0.25, 0.3) is 61.2 Å². The second-order valence-corrected chi connectivity index (χ2v) is 9.53. The average molecular weight is 441 g/mol. The quantitative estimate of drug-likeness (QED) is 0.268. The van der Waals surface area contributed by atoms with E-state index in [1.165, 1.54) is 21.9 Å². The third-order valence-electron chi connectivity index (χ3n) is 7.09. The summed E-state index contributed by atoms with van der Waals surface area (Å²) in [6, 6.07) is 28.0. The van der Waals surface area contributed by atoms with E-state index in [2.05, 4.69) is 105 Å². The Balaban J connectivity index is 1.41. The Kier molecular flexibility index (Phi) is 4.13. The lowest BCUT2D eigenvalue weighted by molar-refractivity contribution is 0.585. The van der Waals surface area contributed by atoms with Crippen molar-refractivity contribution >= 4 is 39.0 Å². The molecule has 164 valence electrons. The summed E-state index contributed by atoms with van der Waals surface area (Å²) < 4.78 is 12.7. The van der Waals surface area contributed by atoms with Crippen LogP contribution in [0.5, 0.6) is 0 Å². The van der Waals surface area contributed by atoms with Crippen LogP contribution in [0.1, 0.15) is 23.8 Å². The van der Waals surface area contributed by atoms with Crippen molar-refractivity contribution in [3.05, 3.63) is 102 Å². The van der Waals surface area contributed by atoms with Gasteiger partial charge in [0.1, 0.15) is 22.5 Å². The molecule has 1 aliphatic carbocycles. The first-order chi connectivity index (χ1) is 16.7. The Morgan fingerprint density at radius 1 is 0.706 bits per heavy atom. The molecule has 0 fully saturated rings. The molecule has 7 rings (SSSR count). The molecule has 6 aromatic rings. The Morgan fingerprint density at radius 2 is 1.41 bits per heavy atom. The van der Waals surface area contributed by atoms with Crippen molar-refractivity contribution < 1.29 is 8.83 Å². The van der Waals surface area contributed by atoms with Gasteiger partial charge in [0.15, 0.2) is 0 Å². The molecule has 0 radical (unpaired) electrons. The molecular formula is C32H24O2. The summed E-state index contributed by atoms with van der Waals surface area (Å²) in [4.78, 5) is 0. The van der Waals surface area contributed by atoms with Gasteiger partial charge in [-0.05, 0) is 54.7 Å². The molecule has 0 saturated carbocycles. The van der Waals surface area contributed by atoms with Crippen LogP contribution in [0.3, 0.4) is 0 Å². The van der Waals surface area contributed by atoms with Gasteiger partial charge in [0.2, 0.25) is 0 Å². The first-order valence-electron chi connectivity index (χ1n) is 11.9. The van der Waals surface area contributed by atoms with Gasteiger partial charge in [-0.3, -0.25) is 0 Å². The highest BCUT2D eigenvalue weighted by molar-refractivity contribution is 6.10. The molecule has 0 bridgehead atoms. The minimum absolute atomic E-state index is 0.536. The molecule has 34 heavy (non-hydrogen) atoms. The van der Waals surface area contributed by atoms with Crippen LogP contribution >= 0.6 is 0 Å². The van der Waals surface area contributed by atoms with Crippen LogP contribution < -0.4 is 0 Å². The Bertz CT molecular complexity index is 1760. The molecule has 4 aromatic carbocycles. The molecule has 1 aliphatic rings. The van der Waals surface area contributed by atoms with Gasteiger partial charge >= 0.3 is 0 Å². The number of rotatable bonds is 2. The van der Waals surface area contributed by atoms with E-state index >= 15 is 0 Å². The van der Waals surface area contributed by atoms with Gasteiger partial charge in [-0.2, -0.15) is 0 Å². The second-order valence-electron chi connectivity index (χ2n) is 9.53. The Morgan fingerprint density at radius 3 is 2.21 bits per heavy atom. The zero-order chi connectivity index (χ0) is 22.8. The van der Waals surface area contributed by atoms with Crippen molar-refractivity contribution in [1.82, 2.24) is 0 Å². The van der Waals surface area contributed by atoms with Crippen LogP contribution in [-0.2, 0) is 6.42 Å². The zero-order valence-electron chi connectivity index (χ0n) is 19.3. The summed E-state index contributed by atoms with van der Waals surface area (Å²) in [6.07, 6.45) is 5.39. The molecule has 1 atom stereocenters. The van der Waals surface area contributed by atoms with Gasteiger partial charge < -0.3 is 8.83 Å². The third-order valence-corrected chi connectivity index (χ3v) is 7.09. The molecular weight excluding hydrogens is 416 g/mol. The number of allylic oxidation sites excluding steroid dienone is 1. The highest BCUT2D eigenvalue weighted by Gasteiger charge is 2.20. The lowest BCUT2D eigenvalue weighted by Crippen LogP contribution is -2.00. The van der Waals surface area contributed by atoms with Crippen molar-refractivity contribution in [2.24, 2.45) is 5.92 Å². The monoisotopic (exact) mass is 440 g/mol. The van der Waals surface area contributed by atoms with Crippen molar-refractivity contribution in [3.63, 3.8) is 0 Å². The predicted molar refractivity (Wildman–Crippen MR) is 141 cm³/mol. The lowest BCUT2D eigenvalue weighted by Gasteiger charge is -2.10. The van der Waals surface area contributed by atoms with Crippen molar-refractivity contribution in [2.45, 2.75) is 20.3 Å². The van der Waals surface area contributed by atoms with E-state index in [1.807, 2.05) is 0 Å². The highest BCUT2D eigenvalue weighted by atomic mass is 16.3. The number of hydrogen-bond acceptors (Lipinski definition) is 2. The largest absolute Gasteiger partial charge is 0.456 e. The Labute approximate surface area is 198 Å². The fourth-order valence-corrected chi connectivity index (χ4v) is 5.40. The smallest absolute Gasteiger partial charge is 0.143 e. The number of benzene rings is 4. The first kappa shape index (κ1) is 19.4. The van der Waals surface area contributed by atoms with Crippen LogP contribution in [-0.4, -0.2) is 0 Å². The van der Waals surface area contributed by atoms with Gasteiger partial charge in [0, 0.05) is 32.8 Å². The summed E-state index contributed by atoms with van der Waals surface area (Å²) in [5, 5.41) is 3.55. The molecule has 2 heteroatoms. The first-order valence-corrected chi connectivity index (χ1v) is 11.9. The summed E-state index contributed by atoms with van der Waals surface area (Å²) in [7, 11) is 0. The number of hydrogen-bond donors (Lipinski definition) is 0. The van der Waals surface area contributed by atoms with E-state index in [9.17, 15) is 0 Å². The summed E-state index contributed by atoms with van der Waals surface area (Å²) in [5.74, 6) is 1.53. The average Bonchev–Trinajstić information content (AvgIpc) is 3.42. The SMILES string of the molecule is Cc1ccc2oc3c(-c4cccc(-c5cccc6c7c(oc56)C=CC(C)C7)c4)cccc3c2c1. The molecule has 2 heterocycles. The molecule has 0 spiro atoms. The van der Waals surface area contributed by atoms with Crippen molar-refractivity contribution in [1.29, 1.82) is 0 Å². The fourth-order valence-electron chi connectivity index (χ4n) is 5.40. The maximum absolute atomic E-state index is 6.39. The van der Waals surface area contributed by atoms with Crippen molar-refractivity contribution in [2.75, 3.05) is 0 Å². The van der Waals surface area contributed by atoms with Crippen molar-refractivity contribution in [3.8, 4) is 22.3 Å². The summed E-state index contributed by atoms with van der Waals surface area (Å²) in [5.41, 5.74) is 9.92. The summed E-state index contributed by atoms with van der Waals surface area (Å²) >= 11 is 0. The van der Waals surface area contributed by atoms with Crippen LogP contribution in [0.15, 0.2) is 93.8 Å². The Hall–Kier alpha value is -4.04. The van der Waals surface area contributed by atoms with Gasteiger partial charge in [-0.15, -0.1) is 0 Å². The molecule has 0 amide bonds. The van der Waals surface area contributed by atoms with E-state index in [0.717, 1.165) is 56.6 Å². The molecule has 0 saturated heterocycles. The van der Waals surface area contributed by atoms with Gasteiger partial charge in [-0.1, -0.05) is 79.2 Å².